The summed E-state index contributed by atoms with van der Waals surface area (Å²) < 4.78 is 0. The van der Waals surface area contributed by atoms with Gasteiger partial charge in [0.2, 0.25) is 0 Å². The van der Waals surface area contributed by atoms with Gasteiger partial charge in [0.1, 0.15) is 5.78 Å². The van der Waals surface area contributed by atoms with Crippen LogP contribution in [-0.4, -0.2) is 5.78 Å². The van der Waals surface area contributed by atoms with Gasteiger partial charge in [-0.15, -0.1) is 0 Å². The van der Waals surface area contributed by atoms with E-state index in [1.54, 1.807) is 6.92 Å². The van der Waals surface area contributed by atoms with Gasteiger partial charge in [0.25, 0.3) is 0 Å². The molecule has 1 nitrogen and oxygen atoms in total. The average Bonchev–Trinajstić information content (AvgIpc) is 2.58. The van der Waals surface area contributed by atoms with Crippen LogP contribution >= 0.6 is 0 Å². The molecule has 0 aromatic heterocycles. The Bertz CT molecular complexity index is 375. The summed E-state index contributed by atoms with van der Waals surface area (Å²) in [5.74, 6) is 1.12. The molecule has 0 N–H and O–H groups in total. The average molecular weight is 379 g/mol. The van der Waals surface area contributed by atoms with E-state index in [0.717, 1.165) is 12.3 Å². The highest BCUT2D eigenvalue weighted by Crippen LogP contribution is 2.44. The lowest BCUT2D eigenvalue weighted by atomic mass is 9.64. The van der Waals surface area contributed by atoms with E-state index in [9.17, 15) is 4.79 Å². The molecule has 0 atom stereocenters. The van der Waals surface area contributed by atoms with Crippen molar-refractivity contribution in [3.05, 3.63) is 0 Å². The minimum Gasteiger partial charge on any atom is -0.299 e. The Labute approximate surface area is 171 Å². The van der Waals surface area contributed by atoms with Gasteiger partial charge in [0.05, 0.1) is 0 Å². The van der Waals surface area contributed by atoms with Crippen molar-refractivity contribution in [1.82, 2.24) is 0 Å². The molecule has 1 saturated carbocycles. The molecular weight excluding hydrogens is 328 g/mol. The van der Waals surface area contributed by atoms with Crippen molar-refractivity contribution in [1.29, 1.82) is 0 Å². The maximum Gasteiger partial charge on any atom is 0.135 e. The molecule has 27 heavy (non-hydrogen) atoms. The minimum absolute atomic E-state index is 0.184. The van der Waals surface area contributed by atoms with Gasteiger partial charge in [0, 0.05) is 5.41 Å². The monoisotopic (exact) mass is 378 g/mol. The molecule has 0 aromatic rings. The van der Waals surface area contributed by atoms with E-state index in [1.807, 2.05) is 0 Å². The summed E-state index contributed by atoms with van der Waals surface area (Å²) in [6.07, 6.45) is 23.8. The highest BCUT2D eigenvalue weighted by atomic mass is 16.1. The summed E-state index contributed by atoms with van der Waals surface area (Å²) in [6.45, 7) is 10.9. The van der Waals surface area contributed by atoms with Crippen LogP contribution in [0.5, 0.6) is 0 Å². The number of ketones is 1. The van der Waals surface area contributed by atoms with Crippen molar-refractivity contribution >= 4 is 5.78 Å². The SMILES string of the molecule is CC(=O)C(C)(C)CC(C)(C)C1CCCCCCCCCCCCCCCC1. The maximum atomic E-state index is 12.1. The van der Waals surface area contributed by atoms with Gasteiger partial charge in [-0.25, -0.2) is 0 Å². The van der Waals surface area contributed by atoms with Crippen molar-refractivity contribution in [3.63, 3.8) is 0 Å². The van der Waals surface area contributed by atoms with Gasteiger partial charge in [-0.05, 0) is 37.5 Å². The Balaban J connectivity index is 2.62. The number of carbonyl (C=O) groups excluding carboxylic acids is 1. The molecule has 1 rings (SSSR count). The first-order valence-corrected chi connectivity index (χ1v) is 12.3. The van der Waals surface area contributed by atoms with Crippen LogP contribution in [0.3, 0.4) is 0 Å². The molecule has 0 aliphatic heterocycles. The molecule has 160 valence electrons. The summed E-state index contributed by atoms with van der Waals surface area (Å²) in [6, 6.07) is 0. The van der Waals surface area contributed by atoms with Crippen LogP contribution in [0.25, 0.3) is 0 Å². The Kier molecular flexibility index (Phi) is 11.9. The van der Waals surface area contributed by atoms with E-state index in [2.05, 4.69) is 27.7 Å². The Morgan fingerprint density at radius 3 is 1.22 bits per heavy atom. The van der Waals surface area contributed by atoms with Gasteiger partial charge in [-0.1, -0.05) is 118 Å². The van der Waals surface area contributed by atoms with Gasteiger partial charge >= 0.3 is 0 Å². The van der Waals surface area contributed by atoms with Crippen molar-refractivity contribution in [2.75, 3.05) is 0 Å². The fraction of sp³-hybridized carbons (Fsp3) is 0.962. The van der Waals surface area contributed by atoms with E-state index in [1.165, 1.54) is 103 Å². The smallest absolute Gasteiger partial charge is 0.135 e. The second-order valence-electron chi connectivity index (χ2n) is 10.8. The van der Waals surface area contributed by atoms with E-state index in [-0.39, 0.29) is 10.8 Å². The summed E-state index contributed by atoms with van der Waals surface area (Å²) in [4.78, 5) is 12.1. The lowest BCUT2D eigenvalue weighted by molar-refractivity contribution is -0.127. The van der Waals surface area contributed by atoms with Crippen molar-refractivity contribution in [2.45, 2.75) is 144 Å². The predicted octanol–water partition coefficient (Wildman–Crippen LogP) is 8.89. The maximum absolute atomic E-state index is 12.1. The third-order valence-corrected chi connectivity index (χ3v) is 7.31. The van der Waals surface area contributed by atoms with Crippen LogP contribution in [0.2, 0.25) is 0 Å². The highest BCUT2D eigenvalue weighted by molar-refractivity contribution is 5.81. The molecule has 0 radical (unpaired) electrons. The number of hydrogen-bond donors (Lipinski definition) is 0. The molecule has 1 fully saturated rings. The molecule has 0 unspecified atom stereocenters. The zero-order valence-corrected chi connectivity index (χ0v) is 19.5. The Morgan fingerprint density at radius 1 is 0.630 bits per heavy atom. The summed E-state index contributed by atoms with van der Waals surface area (Å²) in [5.41, 5.74) is 0.0785. The number of Topliss-reactive ketones (excluding diaryl/α,β-unsaturated/α-hetero) is 1. The third-order valence-electron chi connectivity index (χ3n) is 7.31. The Hall–Kier alpha value is -0.330. The van der Waals surface area contributed by atoms with Crippen LogP contribution in [0.15, 0.2) is 0 Å². The first-order valence-electron chi connectivity index (χ1n) is 12.3. The largest absolute Gasteiger partial charge is 0.299 e. The van der Waals surface area contributed by atoms with Crippen LogP contribution in [0, 0.1) is 16.7 Å². The van der Waals surface area contributed by atoms with E-state index < -0.39 is 0 Å². The van der Waals surface area contributed by atoms with E-state index in [0.29, 0.717) is 5.78 Å². The lowest BCUT2D eigenvalue weighted by Gasteiger charge is -2.40. The fourth-order valence-corrected chi connectivity index (χ4v) is 5.24. The molecule has 1 heteroatoms. The first kappa shape index (κ1) is 24.7. The first-order chi connectivity index (χ1) is 12.8. The fourth-order valence-electron chi connectivity index (χ4n) is 5.24. The molecule has 0 heterocycles. The molecule has 1 aliphatic carbocycles. The zero-order valence-electron chi connectivity index (χ0n) is 19.5. The summed E-state index contributed by atoms with van der Waals surface area (Å²) in [5, 5.41) is 0. The van der Waals surface area contributed by atoms with Gasteiger partial charge in [-0.2, -0.15) is 0 Å². The second-order valence-corrected chi connectivity index (χ2v) is 10.8. The second kappa shape index (κ2) is 13.0. The number of hydrogen-bond acceptors (Lipinski definition) is 1. The third kappa shape index (κ3) is 10.7. The Morgan fingerprint density at radius 2 is 0.926 bits per heavy atom. The standard InChI is InChI=1S/C26H50O/c1-23(27)25(2,3)22-26(4,5)24-20-18-16-14-12-10-8-6-7-9-11-13-15-17-19-21-24/h24H,6-22H2,1-5H3. The van der Waals surface area contributed by atoms with Crippen molar-refractivity contribution in [2.24, 2.45) is 16.7 Å². The highest BCUT2D eigenvalue weighted by Gasteiger charge is 2.36. The minimum atomic E-state index is -0.184. The van der Waals surface area contributed by atoms with Gasteiger partial charge < -0.3 is 0 Å². The van der Waals surface area contributed by atoms with Crippen LogP contribution in [0.1, 0.15) is 144 Å². The summed E-state index contributed by atoms with van der Waals surface area (Å²) in [7, 11) is 0. The van der Waals surface area contributed by atoms with Crippen LogP contribution < -0.4 is 0 Å². The molecule has 0 saturated heterocycles. The number of rotatable bonds is 4. The van der Waals surface area contributed by atoms with Gasteiger partial charge in [-0.3, -0.25) is 4.79 Å². The quantitative estimate of drug-likeness (QED) is 0.477. The molecule has 1 aliphatic rings. The van der Waals surface area contributed by atoms with E-state index in [4.69, 9.17) is 0 Å². The summed E-state index contributed by atoms with van der Waals surface area (Å²) >= 11 is 0. The number of carbonyl (C=O) groups is 1. The molecule has 0 bridgehead atoms. The topological polar surface area (TPSA) is 17.1 Å². The normalized spacial score (nSPS) is 21.5. The molecule has 0 aromatic carbocycles. The molecule has 0 spiro atoms. The van der Waals surface area contributed by atoms with Crippen molar-refractivity contribution < 1.29 is 4.79 Å². The lowest BCUT2D eigenvalue weighted by Crippen LogP contribution is -2.34. The molecular formula is C26H50O. The van der Waals surface area contributed by atoms with Gasteiger partial charge in [0.15, 0.2) is 0 Å². The molecule has 0 amide bonds. The van der Waals surface area contributed by atoms with Crippen LogP contribution in [0.4, 0.5) is 0 Å². The van der Waals surface area contributed by atoms with E-state index >= 15 is 0 Å². The zero-order chi connectivity index (χ0) is 20.2. The van der Waals surface area contributed by atoms with Crippen molar-refractivity contribution in [3.8, 4) is 0 Å². The van der Waals surface area contributed by atoms with Crippen LogP contribution in [-0.2, 0) is 4.79 Å². The predicted molar refractivity (Wildman–Crippen MR) is 120 cm³/mol.